The van der Waals surface area contributed by atoms with Gasteiger partial charge in [0.15, 0.2) is 5.78 Å². The first-order valence-corrected chi connectivity index (χ1v) is 6.96. The topological polar surface area (TPSA) is 40.6 Å². The van der Waals surface area contributed by atoms with Crippen molar-refractivity contribution in [3.8, 4) is 0 Å². The fourth-order valence-corrected chi connectivity index (χ4v) is 2.88. The molecule has 4 heteroatoms. The van der Waals surface area contributed by atoms with E-state index in [1.165, 1.54) is 0 Å². The van der Waals surface area contributed by atoms with Gasteiger partial charge in [0, 0.05) is 31.6 Å². The summed E-state index contributed by atoms with van der Waals surface area (Å²) in [7, 11) is 0. The van der Waals surface area contributed by atoms with E-state index in [2.05, 4.69) is 0 Å². The molecule has 3 rings (SSSR count). The smallest absolute Gasteiger partial charge is 0.324 e. The Kier molecular flexibility index (Phi) is 3.23. The van der Waals surface area contributed by atoms with Crippen molar-refractivity contribution >= 4 is 17.5 Å². The molecule has 2 amide bonds. The number of carbonyl (C=O) groups excluding carboxylic acids is 2. The molecule has 0 aromatic heterocycles. The summed E-state index contributed by atoms with van der Waals surface area (Å²) in [6, 6.07) is 7.52. The van der Waals surface area contributed by atoms with E-state index in [1.807, 2.05) is 29.2 Å². The summed E-state index contributed by atoms with van der Waals surface area (Å²) < 4.78 is 0. The number of para-hydroxylation sites is 1. The maximum Gasteiger partial charge on any atom is 0.324 e. The molecule has 1 aromatic rings. The Bertz CT molecular complexity index is 507. The molecule has 0 spiro atoms. The van der Waals surface area contributed by atoms with Crippen LogP contribution in [0, 0.1) is 0 Å². The van der Waals surface area contributed by atoms with Crippen LogP contribution >= 0.6 is 0 Å². The first-order chi connectivity index (χ1) is 9.27. The highest BCUT2D eigenvalue weighted by Gasteiger charge is 2.29. The zero-order valence-corrected chi connectivity index (χ0v) is 11.0. The molecular weight excluding hydrogens is 240 g/mol. The third kappa shape index (κ3) is 2.23. The molecule has 0 bridgehead atoms. The molecule has 1 fully saturated rings. The summed E-state index contributed by atoms with van der Waals surface area (Å²) in [5.74, 6) is 0.146. The van der Waals surface area contributed by atoms with E-state index in [0.29, 0.717) is 18.5 Å². The summed E-state index contributed by atoms with van der Waals surface area (Å²) >= 11 is 0. The van der Waals surface area contributed by atoms with Gasteiger partial charge in [0.2, 0.25) is 0 Å². The van der Waals surface area contributed by atoms with Gasteiger partial charge in [-0.15, -0.1) is 0 Å². The van der Waals surface area contributed by atoms with Crippen LogP contribution in [-0.4, -0.2) is 36.3 Å². The number of hydrogen-bond donors (Lipinski definition) is 0. The highest BCUT2D eigenvalue weighted by atomic mass is 16.2. The predicted molar refractivity (Wildman–Crippen MR) is 73.6 cm³/mol. The molecule has 2 aliphatic heterocycles. The number of anilines is 1. The quantitative estimate of drug-likeness (QED) is 0.718. The summed E-state index contributed by atoms with van der Waals surface area (Å²) in [5.41, 5.74) is 1.47. The highest BCUT2D eigenvalue weighted by Crippen LogP contribution is 2.27. The third-order valence-electron chi connectivity index (χ3n) is 3.89. The van der Waals surface area contributed by atoms with Crippen molar-refractivity contribution in [2.45, 2.75) is 25.7 Å². The van der Waals surface area contributed by atoms with Crippen molar-refractivity contribution < 1.29 is 9.59 Å². The van der Waals surface area contributed by atoms with E-state index in [9.17, 15) is 9.59 Å². The Morgan fingerprint density at radius 1 is 1.00 bits per heavy atom. The van der Waals surface area contributed by atoms with Crippen molar-refractivity contribution in [2.24, 2.45) is 0 Å². The molecule has 0 saturated carbocycles. The molecule has 0 radical (unpaired) electrons. The molecule has 0 aliphatic carbocycles. The Balaban J connectivity index is 1.94. The zero-order valence-electron chi connectivity index (χ0n) is 11.0. The number of benzene rings is 1. The lowest BCUT2D eigenvalue weighted by atomic mass is 10.1. The molecule has 2 heterocycles. The van der Waals surface area contributed by atoms with Crippen LogP contribution in [0.3, 0.4) is 0 Å². The molecule has 100 valence electrons. The van der Waals surface area contributed by atoms with Crippen molar-refractivity contribution in [3.05, 3.63) is 29.8 Å². The zero-order chi connectivity index (χ0) is 13.2. The van der Waals surface area contributed by atoms with Crippen LogP contribution < -0.4 is 4.90 Å². The minimum Gasteiger partial charge on any atom is -0.324 e. The van der Waals surface area contributed by atoms with Gasteiger partial charge in [-0.1, -0.05) is 12.1 Å². The summed E-state index contributed by atoms with van der Waals surface area (Å²) in [4.78, 5) is 28.3. The van der Waals surface area contributed by atoms with Crippen LogP contribution in [0.2, 0.25) is 0 Å². The molecule has 19 heavy (non-hydrogen) atoms. The minimum atomic E-state index is 0.0552. The minimum absolute atomic E-state index is 0.0552. The lowest BCUT2D eigenvalue weighted by Gasteiger charge is -2.27. The number of ketones is 1. The van der Waals surface area contributed by atoms with Gasteiger partial charge < -0.3 is 4.90 Å². The second kappa shape index (κ2) is 5.03. The van der Waals surface area contributed by atoms with Gasteiger partial charge in [0.05, 0.1) is 5.69 Å². The van der Waals surface area contributed by atoms with E-state index in [1.54, 1.807) is 4.90 Å². The maximum atomic E-state index is 12.6. The van der Waals surface area contributed by atoms with Crippen LogP contribution in [0.4, 0.5) is 10.5 Å². The SMILES string of the molecule is O=C1CCCN(C(=O)N2CCCC2)c2ccccc21. The number of nitrogens with zero attached hydrogens (tertiary/aromatic N) is 2. The monoisotopic (exact) mass is 258 g/mol. The third-order valence-corrected chi connectivity index (χ3v) is 3.89. The first-order valence-electron chi connectivity index (χ1n) is 6.96. The van der Waals surface area contributed by atoms with Gasteiger partial charge in [0.25, 0.3) is 0 Å². The lowest BCUT2D eigenvalue weighted by Crippen LogP contribution is -2.42. The molecule has 4 nitrogen and oxygen atoms in total. The maximum absolute atomic E-state index is 12.6. The summed E-state index contributed by atoms with van der Waals surface area (Å²) in [5, 5.41) is 0. The van der Waals surface area contributed by atoms with Gasteiger partial charge in [-0.25, -0.2) is 4.79 Å². The fourth-order valence-electron chi connectivity index (χ4n) is 2.88. The van der Waals surface area contributed by atoms with Crippen LogP contribution in [0.1, 0.15) is 36.0 Å². The van der Waals surface area contributed by atoms with Crippen molar-refractivity contribution in [1.29, 1.82) is 0 Å². The average molecular weight is 258 g/mol. The Hall–Kier alpha value is -1.84. The van der Waals surface area contributed by atoms with Crippen LogP contribution in [0.25, 0.3) is 0 Å². The van der Waals surface area contributed by atoms with Crippen molar-refractivity contribution in [3.63, 3.8) is 0 Å². The number of hydrogen-bond acceptors (Lipinski definition) is 2. The number of Topliss-reactive ketones (excluding diaryl/α,β-unsaturated/α-hetero) is 1. The molecule has 0 atom stereocenters. The Labute approximate surface area is 113 Å². The van der Waals surface area contributed by atoms with Gasteiger partial charge in [0.1, 0.15) is 0 Å². The number of fused-ring (bicyclic) bond motifs is 1. The Morgan fingerprint density at radius 3 is 2.53 bits per heavy atom. The number of likely N-dealkylation sites (tertiary alicyclic amines) is 1. The van der Waals surface area contributed by atoms with E-state index in [4.69, 9.17) is 0 Å². The summed E-state index contributed by atoms with van der Waals surface area (Å²) in [6.07, 6.45) is 3.44. The lowest BCUT2D eigenvalue weighted by molar-refractivity contribution is 0.0983. The second-order valence-corrected chi connectivity index (χ2v) is 5.17. The number of carbonyl (C=O) groups is 2. The van der Waals surface area contributed by atoms with E-state index < -0.39 is 0 Å². The van der Waals surface area contributed by atoms with Gasteiger partial charge >= 0.3 is 6.03 Å². The molecule has 1 aromatic carbocycles. The average Bonchev–Trinajstić information content (AvgIpc) is 2.91. The molecule has 2 aliphatic rings. The van der Waals surface area contributed by atoms with Crippen molar-refractivity contribution in [2.75, 3.05) is 24.5 Å². The van der Waals surface area contributed by atoms with Crippen LogP contribution in [0.5, 0.6) is 0 Å². The van der Waals surface area contributed by atoms with E-state index in [-0.39, 0.29) is 11.8 Å². The molecule has 0 N–H and O–H groups in total. The number of rotatable bonds is 0. The normalized spacial score (nSPS) is 19.3. The van der Waals surface area contributed by atoms with E-state index >= 15 is 0 Å². The standard InChI is InChI=1S/C15H18N2O2/c18-14-8-5-11-17(13-7-2-1-6-12(13)14)15(19)16-9-3-4-10-16/h1-2,6-7H,3-5,8-11H2. The summed E-state index contributed by atoms with van der Waals surface area (Å²) in [6.45, 7) is 2.31. The number of amides is 2. The molecular formula is C15H18N2O2. The Morgan fingerprint density at radius 2 is 1.74 bits per heavy atom. The van der Waals surface area contributed by atoms with Crippen molar-refractivity contribution in [1.82, 2.24) is 4.90 Å². The highest BCUT2D eigenvalue weighted by molar-refractivity contribution is 6.06. The van der Waals surface area contributed by atoms with Gasteiger partial charge in [-0.3, -0.25) is 9.69 Å². The first kappa shape index (κ1) is 12.2. The van der Waals surface area contributed by atoms with Crippen LogP contribution in [0.15, 0.2) is 24.3 Å². The van der Waals surface area contributed by atoms with Gasteiger partial charge in [-0.05, 0) is 31.4 Å². The number of urea groups is 1. The molecule has 1 saturated heterocycles. The predicted octanol–water partition coefficient (Wildman–Crippen LogP) is 2.69. The van der Waals surface area contributed by atoms with Gasteiger partial charge in [-0.2, -0.15) is 0 Å². The fraction of sp³-hybridized carbons (Fsp3) is 0.467. The van der Waals surface area contributed by atoms with Crippen LogP contribution in [-0.2, 0) is 0 Å². The van der Waals surface area contributed by atoms with E-state index in [0.717, 1.165) is 38.0 Å². The second-order valence-electron chi connectivity index (χ2n) is 5.17. The largest absolute Gasteiger partial charge is 0.324 e. The molecule has 0 unspecified atom stereocenters.